The predicted molar refractivity (Wildman–Crippen MR) is 91.4 cm³/mol. The molecule has 0 aromatic heterocycles. The first-order valence-electron chi connectivity index (χ1n) is 7.79. The first-order chi connectivity index (χ1) is 11.3. The predicted octanol–water partition coefficient (Wildman–Crippen LogP) is 2.70. The van der Waals surface area contributed by atoms with E-state index >= 15 is 0 Å². The largest absolute Gasteiger partial charge is 0.493 e. The number of ether oxygens (including phenoxy) is 3. The molecule has 0 fully saturated rings. The Bertz CT molecular complexity index is 597. The molecule has 1 aromatic carbocycles. The fraction of sp³-hybridized carbons (Fsp3) is 0.556. The normalized spacial score (nSPS) is 12.9. The second kappa shape index (κ2) is 8.44. The number of rotatable bonds is 8. The number of benzene rings is 1. The van der Waals surface area contributed by atoms with Gasteiger partial charge in [-0.05, 0) is 37.0 Å². The molecule has 0 aliphatic rings. The molecule has 0 aliphatic heterocycles. The highest BCUT2D eigenvalue weighted by Crippen LogP contribution is 2.38. The summed E-state index contributed by atoms with van der Waals surface area (Å²) in [6, 6.07) is 5.65. The van der Waals surface area contributed by atoms with Crippen molar-refractivity contribution in [3.63, 3.8) is 0 Å². The molecule has 0 saturated carbocycles. The number of methoxy groups -OCH3 is 3. The number of nitrogens with one attached hydrogen (secondary N) is 1. The zero-order valence-corrected chi connectivity index (χ0v) is 15.2. The Hall–Kier alpha value is -2.42. The van der Waals surface area contributed by atoms with Gasteiger partial charge in [-0.15, -0.1) is 0 Å². The van der Waals surface area contributed by atoms with E-state index in [9.17, 15) is 10.1 Å². The third kappa shape index (κ3) is 5.05. The molecule has 0 saturated heterocycles. The van der Waals surface area contributed by atoms with Crippen molar-refractivity contribution in [2.45, 2.75) is 39.2 Å². The van der Waals surface area contributed by atoms with Crippen LogP contribution in [0.15, 0.2) is 12.1 Å². The Morgan fingerprint density at radius 2 is 1.75 bits per heavy atom. The highest BCUT2D eigenvalue weighted by molar-refractivity contribution is 5.80. The summed E-state index contributed by atoms with van der Waals surface area (Å²) in [7, 11) is 4.57. The van der Waals surface area contributed by atoms with Crippen LogP contribution in [0.1, 0.15) is 32.8 Å². The van der Waals surface area contributed by atoms with Crippen LogP contribution in [-0.2, 0) is 11.2 Å². The lowest BCUT2D eigenvalue weighted by atomic mass is 9.92. The summed E-state index contributed by atoms with van der Waals surface area (Å²) in [5, 5.41) is 12.2. The first-order valence-corrected chi connectivity index (χ1v) is 7.79. The van der Waals surface area contributed by atoms with Gasteiger partial charge in [0.25, 0.3) is 0 Å². The van der Waals surface area contributed by atoms with Crippen LogP contribution in [0.4, 0.5) is 0 Å². The van der Waals surface area contributed by atoms with Crippen molar-refractivity contribution in [1.29, 1.82) is 5.26 Å². The maximum atomic E-state index is 12.3. The van der Waals surface area contributed by atoms with Crippen molar-refractivity contribution < 1.29 is 19.0 Å². The van der Waals surface area contributed by atoms with Gasteiger partial charge in [0, 0.05) is 0 Å². The second-order valence-corrected chi connectivity index (χ2v) is 6.30. The highest BCUT2D eigenvalue weighted by Gasteiger charge is 2.27. The average Bonchev–Trinajstić information content (AvgIpc) is 2.52. The molecule has 0 heterocycles. The molecule has 6 nitrogen and oxygen atoms in total. The zero-order chi connectivity index (χ0) is 18.3. The Morgan fingerprint density at radius 1 is 1.21 bits per heavy atom. The van der Waals surface area contributed by atoms with E-state index in [1.54, 1.807) is 19.1 Å². The fourth-order valence-electron chi connectivity index (χ4n) is 2.72. The van der Waals surface area contributed by atoms with Crippen molar-refractivity contribution in [3.8, 4) is 23.3 Å². The van der Waals surface area contributed by atoms with Crippen LogP contribution >= 0.6 is 0 Å². The third-order valence-corrected chi connectivity index (χ3v) is 3.57. The molecular weight excluding hydrogens is 308 g/mol. The number of carbonyl (C=O) groups excluding carboxylic acids is 1. The molecule has 1 rings (SSSR count). The van der Waals surface area contributed by atoms with Crippen molar-refractivity contribution in [1.82, 2.24) is 5.32 Å². The summed E-state index contributed by atoms with van der Waals surface area (Å²) in [6.07, 6.45) is 0.705. The SMILES string of the molecule is COc1cc(CC(=O)N[C@@](C)(C#N)CC(C)C)cc(OC)c1OC. The number of hydrogen-bond acceptors (Lipinski definition) is 5. The quantitative estimate of drug-likeness (QED) is 0.790. The van der Waals surface area contributed by atoms with Crippen molar-refractivity contribution in [3.05, 3.63) is 17.7 Å². The Kier molecular flexibility index (Phi) is 6.90. The van der Waals surface area contributed by atoms with Crippen molar-refractivity contribution in [2.75, 3.05) is 21.3 Å². The number of nitrogens with zero attached hydrogens (tertiary/aromatic N) is 1. The zero-order valence-electron chi connectivity index (χ0n) is 15.2. The number of amides is 1. The number of carbonyl (C=O) groups is 1. The van der Waals surface area contributed by atoms with Crippen LogP contribution in [0.5, 0.6) is 17.2 Å². The van der Waals surface area contributed by atoms with Crippen LogP contribution in [0.3, 0.4) is 0 Å². The van der Waals surface area contributed by atoms with Crippen LogP contribution in [0.2, 0.25) is 0 Å². The molecule has 24 heavy (non-hydrogen) atoms. The summed E-state index contributed by atoms with van der Waals surface area (Å²) in [5.41, 5.74) is -0.168. The molecule has 132 valence electrons. The minimum absolute atomic E-state index is 0.117. The van der Waals surface area contributed by atoms with Gasteiger partial charge < -0.3 is 19.5 Å². The lowest BCUT2D eigenvalue weighted by molar-refractivity contribution is -0.121. The smallest absolute Gasteiger partial charge is 0.225 e. The standard InChI is InChI=1S/C18H26N2O4/c1-12(2)10-18(3,11-19)20-16(21)9-13-7-14(22-4)17(24-6)15(8-13)23-5/h7-8,12H,9-10H2,1-6H3,(H,20,21)/t18-/m1/s1. The average molecular weight is 334 g/mol. The summed E-state index contributed by atoms with van der Waals surface area (Å²) < 4.78 is 15.8. The van der Waals surface area contributed by atoms with Gasteiger partial charge in [0.2, 0.25) is 11.7 Å². The summed E-state index contributed by atoms with van der Waals surface area (Å²) >= 11 is 0. The molecular formula is C18H26N2O4. The Balaban J connectivity index is 2.96. The van der Waals surface area contributed by atoms with E-state index in [0.717, 1.165) is 0 Å². The summed E-state index contributed by atoms with van der Waals surface area (Å²) in [4.78, 5) is 12.3. The van der Waals surface area contributed by atoms with Gasteiger partial charge in [0.15, 0.2) is 11.5 Å². The Labute approximate surface area is 143 Å². The molecule has 1 N–H and O–H groups in total. The molecule has 1 atom stereocenters. The van der Waals surface area contributed by atoms with E-state index in [1.807, 2.05) is 13.8 Å². The minimum atomic E-state index is -0.883. The number of hydrogen-bond donors (Lipinski definition) is 1. The van der Waals surface area contributed by atoms with Crippen LogP contribution < -0.4 is 19.5 Å². The van der Waals surface area contributed by atoms with Gasteiger partial charge in [-0.2, -0.15) is 5.26 Å². The lowest BCUT2D eigenvalue weighted by Crippen LogP contribution is -2.46. The van der Waals surface area contributed by atoms with Gasteiger partial charge >= 0.3 is 0 Å². The number of nitriles is 1. The molecule has 0 bridgehead atoms. The third-order valence-electron chi connectivity index (χ3n) is 3.57. The molecule has 0 spiro atoms. The van der Waals surface area contributed by atoms with E-state index < -0.39 is 5.54 Å². The molecule has 6 heteroatoms. The minimum Gasteiger partial charge on any atom is -0.493 e. The topological polar surface area (TPSA) is 80.6 Å². The van der Waals surface area contributed by atoms with Gasteiger partial charge in [0.1, 0.15) is 5.54 Å². The monoisotopic (exact) mass is 334 g/mol. The molecule has 1 aromatic rings. The van der Waals surface area contributed by atoms with Gasteiger partial charge in [-0.3, -0.25) is 4.79 Å². The van der Waals surface area contributed by atoms with Crippen LogP contribution in [0.25, 0.3) is 0 Å². The van der Waals surface area contributed by atoms with Gasteiger partial charge in [-0.1, -0.05) is 13.8 Å². The van der Waals surface area contributed by atoms with Crippen molar-refractivity contribution >= 4 is 5.91 Å². The molecule has 0 radical (unpaired) electrons. The fourth-order valence-corrected chi connectivity index (χ4v) is 2.72. The van der Waals surface area contributed by atoms with E-state index in [4.69, 9.17) is 14.2 Å². The summed E-state index contributed by atoms with van der Waals surface area (Å²) in [5.74, 6) is 1.53. The lowest BCUT2D eigenvalue weighted by Gasteiger charge is -2.25. The van der Waals surface area contributed by atoms with Gasteiger partial charge in [-0.25, -0.2) is 0 Å². The van der Waals surface area contributed by atoms with Gasteiger partial charge in [0.05, 0.1) is 33.8 Å². The highest BCUT2D eigenvalue weighted by atomic mass is 16.5. The Morgan fingerprint density at radius 3 is 2.12 bits per heavy atom. The second-order valence-electron chi connectivity index (χ2n) is 6.30. The molecule has 0 unspecified atom stereocenters. The molecule has 1 amide bonds. The van der Waals surface area contributed by atoms with Crippen LogP contribution in [-0.4, -0.2) is 32.8 Å². The van der Waals surface area contributed by atoms with E-state index in [2.05, 4.69) is 11.4 Å². The summed E-state index contributed by atoms with van der Waals surface area (Å²) in [6.45, 7) is 5.77. The maximum Gasteiger partial charge on any atom is 0.225 e. The van der Waals surface area contributed by atoms with E-state index in [1.165, 1.54) is 21.3 Å². The van der Waals surface area contributed by atoms with Crippen molar-refractivity contribution in [2.24, 2.45) is 5.92 Å². The van der Waals surface area contributed by atoms with E-state index in [0.29, 0.717) is 35.2 Å². The first kappa shape index (κ1) is 19.6. The maximum absolute atomic E-state index is 12.3. The van der Waals surface area contributed by atoms with E-state index in [-0.39, 0.29) is 12.3 Å². The molecule has 0 aliphatic carbocycles. The van der Waals surface area contributed by atoms with Crippen LogP contribution in [0, 0.1) is 17.2 Å².